The van der Waals surface area contributed by atoms with Crippen LogP contribution < -0.4 is 30.7 Å². The number of anilines is 4. The molecule has 1 atom stereocenters. The summed E-state index contributed by atoms with van der Waals surface area (Å²) in [5, 5.41) is 12.1. The van der Waals surface area contributed by atoms with E-state index in [4.69, 9.17) is 9.47 Å². The Morgan fingerprint density at radius 2 is 1.98 bits per heavy atom. The summed E-state index contributed by atoms with van der Waals surface area (Å²) < 4.78 is 53.2. The molecule has 0 bridgehead atoms. The van der Waals surface area contributed by atoms with E-state index in [0.717, 1.165) is 43.3 Å². The molecule has 12 heteroatoms. The van der Waals surface area contributed by atoms with Gasteiger partial charge < -0.3 is 30.7 Å². The van der Waals surface area contributed by atoms with Crippen LogP contribution in [0.15, 0.2) is 36.5 Å². The Kier molecular flexibility index (Phi) is 6.44. The highest BCUT2D eigenvalue weighted by molar-refractivity contribution is 6.06. The number of benzene rings is 2. The fourth-order valence-corrected chi connectivity index (χ4v) is 5.62. The average Bonchev–Trinajstić information content (AvgIpc) is 3.51. The van der Waals surface area contributed by atoms with Crippen LogP contribution in [0, 0.1) is 0 Å². The quantitative estimate of drug-likeness (QED) is 0.326. The van der Waals surface area contributed by atoms with Gasteiger partial charge in [0, 0.05) is 36.5 Å². The van der Waals surface area contributed by atoms with E-state index in [0.29, 0.717) is 28.4 Å². The number of rotatable bonds is 6. The first-order chi connectivity index (χ1) is 19.1. The zero-order chi connectivity index (χ0) is 28.1. The Balaban J connectivity index is 1.29. The molecule has 6 rings (SSSR count). The second kappa shape index (κ2) is 9.84. The third-order valence-electron chi connectivity index (χ3n) is 7.66. The van der Waals surface area contributed by atoms with E-state index >= 15 is 0 Å². The molecule has 4 heterocycles. The second-order valence-electron chi connectivity index (χ2n) is 10.7. The molecule has 3 aliphatic heterocycles. The van der Waals surface area contributed by atoms with E-state index in [1.165, 1.54) is 0 Å². The van der Waals surface area contributed by atoms with Gasteiger partial charge in [-0.15, -0.1) is 0 Å². The SMILES string of the molecule is CC1(C)C(=O)Nc2cccc(CNc3nc(Nc4ccc(C5CCCNC5)c5c4OCO5)ncc3C(F)(F)F)c21. The molecule has 9 nitrogen and oxygen atoms in total. The third kappa shape index (κ3) is 4.66. The summed E-state index contributed by atoms with van der Waals surface area (Å²) in [6.45, 7) is 5.47. The van der Waals surface area contributed by atoms with Gasteiger partial charge >= 0.3 is 6.18 Å². The third-order valence-corrected chi connectivity index (χ3v) is 7.66. The number of amides is 1. The van der Waals surface area contributed by atoms with Crippen molar-refractivity contribution in [2.24, 2.45) is 0 Å². The van der Waals surface area contributed by atoms with Gasteiger partial charge in [-0.3, -0.25) is 4.79 Å². The topological polar surface area (TPSA) is 109 Å². The summed E-state index contributed by atoms with van der Waals surface area (Å²) in [4.78, 5) is 20.6. The minimum atomic E-state index is -4.68. The molecule has 3 aliphatic rings. The van der Waals surface area contributed by atoms with Crippen LogP contribution in [-0.2, 0) is 22.9 Å². The first-order valence-corrected chi connectivity index (χ1v) is 13.1. The minimum absolute atomic E-state index is 0.0254. The molecule has 1 amide bonds. The number of nitrogens with one attached hydrogen (secondary N) is 4. The molecular weight excluding hydrogens is 525 g/mol. The van der Waals surface area contributed by atoms with Crippen LogP contribution in [0.4, 0.5) is 36.3 Å². The van der Waals surface area contributed by atoms with E-state index < -0.39 is 17.2 Å². The largest absolute Gasteiger partial charge is 0.453 e. The van der Waals surface area contributed by atoms with Crippen LogP contribution in [0.1, 0.15) is 54.9 Å². The summed E-state index contributed by atoms with van der Waals surface area (Å²) in [6, 6.07) is 9.07. The standard InChI is InChI=1S/C28H29F3N6O3/c1-27(2)21-16(5-3-7-19(21)35-25(27)38)12-33-24-18(28(29,30)31)13-34-26(37-24)36-20-9-8-17(15-6-4-10-32-11-15)22-23(20)40-14-39-22/h3,5,7-9,13,15,32H,4,6,10-12,14H2,1-2H3,(H,35,38)(H2,33,34,36,37). The highest BCUT2D eigenvalue weighted by Gasteiger charge is 2.40. The number of carbonyl (C=O) groups is 1. The lowest BCUT2D eigenvalue weighted by atomic mass is 9.83. The second-order valence-corrected chi connectivity index (χ2v) is 10.7. The Labute approximate surface area is 228 Å². The zero-order valence-corrected chi connectivity index (χ0v) is 22.0. The first kappa shape index (κ1) is 26.2. The summed E-state index contributed by atoms with van der Waals surface area (Å²) in [5.74, 6) is 0.829. The van der Waals surface area contributed by atoms with Gasteiger partial charge in [0.1, 0.15) is 11.4 Å². The van der Waals surface area contributed by atoms with E-state index in [2.05, 4.69) is 31.2 Å². The lowest BCUT2D eigenvalue weighted by Gasteiger charge is -2.24. The van der Waals surface area contributed by atoms with Crippen LogP contribution in [0.5, 0.6) is 11.5 Å². The van der Waals surface area contributed by atoms with Crippen molar-refractivity contribution >= 4 is 29.0 Å². The van der Waals surface area contributed by atoms with Crippen LogP contribution >= 0.6 is 0 Å². The van der Waals surface area contributed by atoms with Crippen molar-refractivity contribution in [3.63, 3.8) is 0 Å². The number of fused-ring (bicyclic) bond motifs is 2. The number of aromatic nitrogens is 2. The van der Waals surface area contributed by atoms with Crippen molar-refractivity contribution in [3.8, 4) is 11.5 Å². The van der Waals surface area contributed by atoms with Crippen molar-refractivity contribution in [1.29, 1.82) is 0 Å². The Morgan fingerprint density at radius 3 is 2.75 bits per heavy atom. The van der Waals surface area contributed by atoms with Crippen molar-refractivity contribution in [1.82, 2.24) is 15.3 Å². The number of hydrogen-bond donors (Lipinski definition) is 4. The maximum atomic E-state index is 13.9. The monoisotopic (exact) mass is 554 g/mol. The van der Waals surface area contributed by atoms with Gasteiger partial charge in [0.15, 0.2) is 11.5 Å². The van der Waals surface area contributed by atoms with Gasteiger partial charge in [0.05, 0.1) is 11.1 Å². The lowest BCUT2D eigenvalue weighted by Crippen LogP contribution is -2.28. The number of halogens is 3. The van der Waals surface area contributed by atoms with E-state index in [1.54, 1.807) is 32.0 Å². The summed E-state index contributed by atoms with van der Waals surface area (Å²) in [6.07, 6.45) is -1.84. The van der Waals surface area contributed by atoms with Crippen LogP contribution in [0.2, 0.25) is 0 Å². The Morgan fingerprint density at radius 1 is 1.15 bits per heavy atom. The van der Waals surface area contributed by atoms with E-state index in [1.807, 2.05) is 12.1 Å². The van der Waals surface area contributed by atoms with Gasteiger partial charge in [-0.25, -0.2) is 4.98 Å². The molecule has 0 aliphatic carbocycles. The highest BCUT2D eigenvalue weighted by Crippen LogP contribution is 2.47. The number of alkyl halides is 3. The van der Waals surface area contributed by atoms with Gasteiger partial charge in [-0.05, 0) is 56.5 Å². The highest BCUT2D eigenvalue weighted by atomic mass is 19.4. The molecule has 40 heavy (non-hydrogen) atoms. The molecule has 1 aromatic heterocycles. The number of ether oxygens (including phenoxy) is 2. The maximum absolute atomic E-state index is 13.9. The molecule has 1 unspecified atom stereocenters. The predicted molar refractivity (Wildman–Crippen MR) is 143 cm³/mol. The molecule has 0 radical (unpaired) electrons. The molecule has 4 N–H and O–H groups in total. The minimum Gasteiger partial charge on any atom is -0.453 e. The van der Waals surface area contributed by atoms with Gasteiger partial charge in [-0.1, -0.05) is 18.2 Å². The Hall–Kier alpha value is -4.06. The first-order valence-electron chi connectivity index (χ1n) is 13.1. The van der Waals surface area contributed by atoms with Crippen molar-refractivity contribution in [2.75, 3.05) is 35.8 Å². The maximum Gasteiger partial charge on any atom is 0.421 e. The lowest BCUT2D eigenvalue weighted by molar-refractivity contribution is -0.137. The van der Waals surface area contributed by atoms with Crippen molar-refractivity contribution in [2.45, 2.75) is 50.7 Å². The molecule has 210 valence electrons. The molecular formula is C28H29F3N6O3. The fourth-order valence-electron chi connectivity index (χ4n) is 5.62. The number of carbonyl (C=O) groups excluding carboxylic acids is 1. The molecule has 2 aromatic carbocycles. The molecule has 3 aromatic rings. The average molecular weight is 555 g/mol. The van der Waals surface area contributed by atoms with Gasteiger partial charge in [0.25, 0.3) is 0 Å². The van der Waals surface area contributed by atoms with Gasteiger partial charge in [0.2, 0.25) is 18.6 Å². The molecule has 0 saturated carbocycles. The van der Waals surface area contributed by atoms with E-state index in [9.17, 15) is 18.0 Å². The number of nitrogens with zero attached hydrogens (tertiary/aromatic N) is 2. The molecule has 0 spiro atoms. The van der Waals surface area contributed by atoms with Crippen LogP contribution in [0.25, 0.3) is 0 Å². The normalized spacial score (nSPS) is 19.2. The van der Waals surface area contributed by atoms with Crippen molar-refractivity contribution in [3.05, 3.63) is 58.8 Å². The van der Waals surface area contributed by atoms with Crippen LogP contribution in [-0.4, -0.2) is 35.8 Å². The molecule has 1 saturated heterocycles. The molecule has 1 fully saturated rings. The van der Waals surface area contributed by atoms with Crippen LogP contribution in [0.3, 0.4) is 0 Å². The Bertz CT molecular complexity index is 1470. The summed E-state index contributed by atoms with van der Waals surface area (Å²) in [7, 11) is 0. The van der Waals surface area contributed by atoms with Crippen molar-refractivity contribution < 1.29 is 27.4 Å². The smallest absolute Gasteiger partial charge is 0.421 e. The summed E-state index contributed by atoms with van der Waals surface area (Å²) in [5.41, 5.74) is 1.81. The van der Waals surface area contributed by atoms with Gasteiger partial charge in [-0.2, -0.15) is 18.2 Å². The fraction of sp³-hybridized carbons (Fsp3) is 0.393. The zero-order valence-electron chi connectivity index (χ0n) is 22.0. The number of hydrogen-bond acceptors (Lipinski definition) is 8. The predicted octanol–water partition coefficient (Wildman–Crippen LogP) is 5.28. The summed E-state index contributed by atoms with van der Waals surface area (Å²) >= 11 is 0. The van der Waals surface area contributed by atoms with E-state index in [-0.39, 0.29) is 36.9 Å². The number of piperidine rings is 1.